The summed E-state index contributed by atoms with van der Waals surface area (Å²) in [6, 6.07) is 10.2. The van der Waals surface area contributed by atoms with E-state index >= 15 is 0 Å². The number of nitrogens with one attached hydrogen (secondary N) is 1. The van der Waals surface area contributed by atoms with E-state index in [2.05, 4.69) is 15.6 Å². The lowest BCUT2D eigenvalue weighted by atomic mass is 10.1. The van der Waals surface area contributed by atoms with Gasteiger partial charge < -0.3 is 10.2 Å². The average Bonchev–Trinajstić information content (AvgIpc) is 3.40. The lowest BCUT2D eigenvalue weighted by Crippen LogP contribution is -2.34. The Kier molecular flexibility index (Phi) is 4.53. The molecule has 2 heterocycles. The molecule has 25 heavy (non-hydrogen) atoms. The topological polar surface area (TPSA) is 63.1 Å². The van der Waals surface area contributed by atoms with Crippen LogP contribution in [0.2, 0.25) is 0 Å². The highest BCUT2D eigenvalue weighted by atomic mass is 16.2. The lowest BCUT2D eigenvalue weighted by Gasteiger charge is -2.24. The first kappa shape index (κ1) is 16.3. The van der Waals surface area contributed by atoms with Gasteiger partial charge in [0.1, 0.15) is 0 Å². The molecule has 0 bridgehead atoms. The van der Waals surface area contributed by atoms with Crippen LogP contribution >= 0.6 is 0 Å². The Balaban J connectivity index is 1.60. The van der Waals surface area contributed by atoms with Crippen molar-refractivity contribution in [2.24, 2.45) is 5.92 Å². The average molecular weight is 339 g/mol. The fourth-order valence-corrected chi connectivity index (χ4v) is 3.54. The third-order valence-electron chi connectivity index (χ3n) is 5.24. The molecule has 1 saturated carbocycles. The molecule has 0 unspecified atom stereocenters. The summed E-state index contributed by atoms with van der Waals surface area (Å²) >= 11 is 0. The number of rotatable bonds is 5. The van der Waals surface area contributed by atoms with Gasteiger partial charge in [-0.25, -0.2) is 4.68 Å². The van der Waals surface area contributed by atoms with Gasteiger partial charge in [0.25, 0.3) is 5.91 Å². The maximum atomic E-state index is 13.2. The number of hydrogen-bond acceptors (Lipinski definition) is 4. The summed E-state index contributed by atoms with van der Waals surface area (Å²) in [5.41, 5.74) is 2.31. The summed E-state index contributed by atoms with van der Waals surface area (Å²) in [5, 5.41) is 12.0. The smallest absolute Gasteiger partial charge is 0.280 e. The third kappa shape index (κ3) is 3.44. The minimum absolute atomic E-state index is 0.0317. The van der Waals surface area contributed by atoms with Crippen LogP contribution in [0.3, 0.4) is 0 Å². The van der Waals surface area contributed by atoms with Gasteiger partial charge in [0, 0.05) is 12.2 Å². The Morgan fingerprint density at radius 1 is 1.20 bits per heavy atom. The number of benzene rings is 1. The van der Waals surface area contributed by atoms with Crippen molar-refractivity contribution in [3.63, 3.8) is 0 Å². The fraction of sp³-hybridized carbons (Fsp3) is 0.526. The number of para-hydroxylation sites is 1. The van der Waals surface area contributed by atoms with Crippen molar-refractivity contribution in [3.05, 3.63) is 41.7 Å². The molecule has 1 aromatic heterocycles. The normalized spacial score (nSPS) is 18.3. The van der Waals surface area contributed by atoms with Crippen molar-refractivity contribution >= 4 is 11.6 Å². The molecule has 1 saturated heterocycles. The molecule has 0 radical (unpaired) electrons. The van der Waals surface area contributed by atoms with Gasteiger partial charge in [0.05, 0.1) is 11.7 Å². The summed E-state index contributed by atoms with van der Waals surface area (Å²) in [4.78, 5) is 15.1. The van der Waals surface area contributed by atoms with Gasteiger partial charge in [-0.05, 0) is 63.7 Å². The van der Waals surface area contributed by atoms with E-state index < -0.39 is 0 Å². The molecule has 1 N–H and O–H groups in total. The molecule has 6 nitrogen and oxygen atoms in total. The van der Waals surface area contributed by atoms with Gasteiger partial charge >= 0.3 is 0 Å². The van der Waals surface area contributed by atoms with Gasteiger partial charge in [-0.15, -0.1) is 5.10 Å². The van der Waals surface area contributed by atoms with Crippen LogP contribution in [0.1, 0.15) is 47.9 Å². The monoisotopic (exact) mass is 339 g/mol. The number of carbonyl (C=O) groups is 1. The molecule has 1 aromatic carbocycles. The third-order valence-corrected chi connectivity index (χ3v) is 5.24. The van der Waals surface area contributed by atoms with E-state index in [1.807, 2.05) is 46.8 Å². The van der Waals surface area contributed by atoms with Crippen molar-refractivity contribution < 1.29 is 4.79 Å². The van der Waals surface area contributed by atoms with Crippen molar-refractivity contribution in [1.82, 2.24) is 20.3 Å². The molecule has 0 atom stereocenters. The number of amides is 1. The number of anilines is 1. The largest absolute Gasteiger partial charge is 0.317 e. The molecular weight excluding hydrogens is 314 g/mol. The standard InChI is InChI=1S/C19H25N5O/c1-14-18(21-22-24(14)17-9-11-20-12-10-17)19(25)23(13-15-7-8-15)16-5-3-2-4-6-16/h2-6,15,17,20H,7-13H2,1H3. The summed E-state index contributed by atoms with van der Waals surface area (Å²) < 4.78 is 1.95. The maximum absolute atomic E-state index is 13.2. The fourth-order valence-electron chi connectivity index (χ4n) is 3.54. The number of nitrogens with zero attached hydrogens (tertiary/aromatic N) is 4. The maximum Gasteiger partial charge on any atom is 0.280 e. The SMILES string of the molecule is Cc1c(C(=O)N(CC2CC2)c2ccccc2)nnn1C1CCNCC1. The molecule has 2 fully saturated rings. The van der Waals surface area contributed by atoms with Crippen LogP contribution in [-0.2, 0) is 0 Å². The first-order valence-corrected chi connectivity index (χ1v) is 9.23. The highest BCUT2D eigenvalue weighted by Crippen LogP contribution is 2.32. The Morgan fingerprint density at radius 3 is 2.60 bits per heavy atom. The van der Waals surface area contributed by atoms with Crippen LogP contribution in [0.5, 0.6) is 0 Å². The van der Waals surface area contributed by atoms with Gasteiger partial charge in [0.15, 0.2) is 5.69 Å². The second-order valence-electron chi connectivity index (χ2n) is 7.14. The minimum atomic E-state index is -0.0317. The molecule has 1 aliphatic heterocycles. The minimum Gasteiger partial charge on any atom is -0.317 e. The summed E-state index contributed by atoms with van der Waals surface area (Å²) in [7, 11) is 0. The highest BCUT2D eigenvalue weighted by Gasteiger charge is 2.31. The van der Waals surface area contributed by atoms with Gasteiger partial charge in [-0.1, -0.05) is 23.4 Å². The molecular formula is C19H25N5O. The van der Waals surface area contributed by atoms with E-state index in [1.165, 1.54) is 12.8 Å². The van der Waals surface area contributed by atoms with E-state index in [0.717, 1.165) is 43.9 Å². The Bertz CT molecular complexity index is 732. The second kappa shape index (κ2) is 6.96. The summed E-state index contributed by atoms with van der Waals surface area (Å²) in [5.74, 6) is 0.583. The molecule has 132 valence electrons. The zero-order valence-corrected chi connectivity index (χ0v) is 14.7. The molecule has 1 aliphatic carbocycles. The Hall–Kier alpha value is -2.21. The van der Waals surface area contributed by atoms with Gasteiger partial charge in [-0.2, -0.15) is 0 Å². The zero-order chi connectivity index (χ0) is 17.2. The number of aromatic nitrogens is 3. The predicted octanol–water partition coefficient (Wildman–Crippen LogP) is 2.57. The van der Waals surface area contributed by atoms with E-state index in [9.17, 15) is 4.79 Å². The van der Waals surface area contributed by atoms with E-state index in [0.29, 0.717) is 17.7 Å². The molecule has 4 rings (SSSR count). The van der Waals surface area contributed by atoms with Crippen molar-refractivity contribution in [1.29, 1.82) is 0 Å². The number of carbonyl (C=O) groups excluding carboxylic acids is 1. The van der Waals surface area contributed by atoms with Crippen LogP contribution in [0.25, 0.3) is 0 Å². The molecule has 6 heteroatoms. The molecule has 1 amide bonds. The van der Waals surface area contributed by atoms with Crippen LogP contribution in [0, 0.1) is 12.8 Å². The van der Waals surface area contributed by atoms with E-state index in [1.54, 1.807) is 0 Å². The van der Waals surface area contributed by atoms with E-state index in [-0.39, 0.29) is 5.91 Å². The van der Waals surface area contributed by atoms with Crippen LogP contribution in [0.15, 0.2) is 30.3 Å². The van der Waals surface area contributed by atoms with Crippen molar-refractivity contribution in [2.75, 3.05) is 24.5 Å². The Labute approximate surface area is 148 Å². The van der Waals surface area contributed by atoms with Crippen molar-refractivity contribution in [3.8, 4) is 0 Å². The zero-order valence-electron chi connectivity index (χ0n) is 14.7. The molecule has 2 aliphatic rings. The summed E-state index contributed by atoms with van der Waals surface area (Å²) in [6.07, 6.45) is 4.47. The van der Waals surface area contributed by atoms with Crippen LogP contribution in [0.4, 0.5) is 5.69 Å². The van der Waals surface area contributed by atoms with Crippen molar-refractivity contribution in [2.45, 2.75) is 38.6 Å². The molecule has 0 spiro atoms. The quantitative estimate of drug-likeness (QED) is 0.909. The predicted molar refractivity (Wildman–Crippen MR) is 96.7 cm³/mol. The van der Waals surface area contributed by atoms with Gasteiger partial charge in [0.2, 0.25) is 0 Å². The lowest BCUT2D eigenvalue weighted by molar-refractivity contribution is 0.0980. The first-order chi connectivity index (χ1) is 12.2. The second-order valence-corrected chi connectivity index (χ2v) is 7.14. The number of piperidine rings is 1. The van der Waals surface area contributed by atoms with E-state index in [4.69, 9.17) is 0 Å². The number of hydrogen-bond donors (Lipinski definition) is 1. The first-order valence-electron chi connectivity index (χ1n) is 9.23. The van der Waals surface area contributed by atoms with Crippen LogP contribution < -0.4 is 10.2 Å². The van der Waals surface area contributed by atoms with Gasteiger partial charge in [-0.3, -0.25) is 4.79 Å². The molecule has 2 aromatic rings. The summed E-state index contributed by atoms with van der Waals surface area (Å²) in [6.45, 7) is 4.72. The highest BCUT2D eigenvalue weighted by molar-refractivity contribution is 6.05. The Morgan fingerprint density at radius 2 is 1.92 bits per heavy atom. The van der Waals surface area contributed by atoms with Crippen LogP contribution in [-0.4, -0.2) is 40.5 Å².